The normalized spacial score (nSPS) is 11.5. The van der Waals surface area contributed by atoms with Crippen LogP contribution < -0.4 is 4.72 Å². The molecule has 0 aliphatic rings. The van der Waals surface area contributed by atoms with Gasteiger partial charge in [0.15, 0.2) is 5.78 Å². The average Bonchev–Trinajstić information content (AvgIpc) is 2.47. The van der Waals surface area contributed by atoms with Crippen molar-refractivity contribution < 1.29 is 13.2 Å². The number of carbonyl (C=O) groups is 1. The quantitative estimate of drug-likeness (QED) is 0.853. The smallest absolute Gasteiger partial charge is 0.261 e. The Bertz CT molecular complexity index is 778. The van der Waals surface area contributed by atoms with Crippen LogP contribution in [0.3, 0.4) is 0 Å². The molecule has 0 atom stereocenters. The van der Waals surface area contributed by atoms with E-state index in [4.69, 9.17) is 0 Å². The largest absolute Gasteiger partial charge is 0.295 e. The van der Waals surface area contributed by atoms with Crippen LogP contribution in [0.1, 0.15) is 42.6 Å². The van der Waals surface area contributed by atoms with Gasteiger partial charge in [0.25, 0.3) is 10.0 Å². The highest BCUT2D eigenvalue weighted by molar-refractivity contribution is 7.92. The summed E-state index contributed by atoms with van der Waals surface area (Å²) in [5, 5.41) is 0. The zero-order valence-corrected chi connectivity index (χ0v) is 13.6. The van der Waals surface area contributed by atoms with E-state index in [0.717, 1.165) is 5.56 Å². The Kier molecular flexibility index (Phi) is 4.66. The molecule has 2 aromatic rings. The Morgan fingerprint density at radius 1 is 1.05 bits per heavy atom. The van der Waals surface area contributed by atoms with Crippen molar-refractivity contribution in [3.63, 3.8) is 0 Å². The summed E-state index contributed by atoms with van der Waals surface area (Å²) in [6, 6.07) is 13.2. The van der Waals surface area contributed by atoms with Gasteiger partial charge in [-0.15, -0.1) is 0 Å². The highest BCUT2D eigenvalue weighted by atomic mass is 32.2. The third-order valence-electron chi connectivity index (χ3n) is 3.38. The van der Waals surface area contributed by atoms with Gasteiger partial charge in [-0.05, 0) is 42.7 Å². The fraction of sp³-hybridized carbons (Fsp3) is 0.235. The number of hydrogen-bond acceptors (Lipinski definition) is 3. The molecule has 22 heavy (non-hydrogen) atoms. The van der Waals surface area contributed by atoms with Gasteiger partial charge in [-0.2, -0.15) is 0 Å². The molecule has 2 aromatic carbocycles. The molecule has 0 fully saturated rings. The van der Waals surface area contributed by atoms with Gasteiger partial charge in [0.05, 0.1) is 4.90 Å². The van der Waals surface area contributed by atoms with Crippen molar-refractivity contribution in [2.24, 2.45) is 0 Å². The predicted octanol–water partition coefficient (Wildman–Crippen LogP) is 3.81. The monoisotopic (exact) mass is 317 g/mol. The number of Topliss-reactive ketones (excluding diaryl/α,β-unsaturated/α-hetero) is 1. The lowest BCUT2D eigenvalue weighted by molar-refractivity contribution is 0.101. The van der Waals surface area contributed by atoms with Crippen molar-refractivity contribution in [1.82, 2.24) is 0 Å². The van der Waals surface area contributed by atoms with Crippen LogP contribution in [-0.2, 0) is 10.0 Å². The van der Waals surface area contributed by atoms with Gasteiger partial charge in [-0.25, -0.2) is 8.42 Å². The van der Waals surface area contributed by atoms with Gasteiger partial charge in [0.2, 0.25) is 0 Å². The molecule has 0 bridgehead atoms. The van der Waals surface area contributed by atoms with E-state index in [1.165, 1.54) is 31.2 Å². The maximum Gasteiger partial charge on any atom is 0.261 e. The van der Waals surface area contributed by atoms with E-state index in [1.807, 2.05) is 32.0 Å². The summed E-state index contributed by atoms with van der Waals surface area (Å²) in [4.78, 5) is 11.4. The molecular formula is C17H19NO3S. The Balaban J connectivity index is 2.27. The number of sulfonamides is 1. The van der Waals surface area contributed by atoms with E-state index in [1.54, 1.807) is 6.07 Å². The van der Waals surface area contributed by atoms with Gasteiger partial charge in [0.1, 0.15) is 0 Å². The minimum absolute atomic E-state index is 0.0958. The first-order valence-corrected chi connectivity index (χ1v) is 8.51. The topological polar surface area (TPSA) is 63.2 Å². The van der Waals surface area contributed by atoms with Gasteiger partial charge in [-0.3, -0.25) is 9.52 Å². The lowest BCUT2D eigenvalue weighted by Gasteiger charge is -2.11. The third kappa shape index (κ3) is 3.74. The Morgan fingerprint density at radius 2 is 1.68 bits per heavy atom. The van der Waals surface area contributed by atoms with Crippen molar-refractivity contribution >= 4 is 21.5 Å². The molecule has 0 radical (unpaired) electrons. The SMILES string of the molecule is CC(=O)c1ccc(S(=O)(=O)Nc2cccc(C(C)C)c2)cc1. The van der Waals surface area contributed by atoms with Crippen LogP contribution in [0.5, 0.6) is 0 Å². The summed E-state index contributed by atoms with van der Waals surface area (Å²) in [6.45, 7) is 5.54. The second kappa shape index (κ2) is 6.32. The fourth-order valence-electron chi connectivity index (χ4n) is 2.04. The number of benzene rings is 2. The van der Waals surface area contributed by atoms with Crippen molar-refractivity contribution in [2.45, 2.75) is 31.6 Å². The van der Waals surface area contributed by atoms with Crippen LogP contribution in [-0.4, -0.2) is 14.2 Å². The molecule has 0 amide bonds. The summed E-state index contributed by atoms with van der Waals surface area (Å²) in [5.41, 5.74) is 2.08. The van der Waals surface area contributed by atoms with Crippen LogP contribution in [0, 0.1) is 0 Å². The van der Waals surface area contributed by atoms with Crippen LogP contribution in [0.15, 0.2) is 53.4 Å². The minimum Gasteiger partial charge on any atom is -0.295 e. The Morgan fingerprint density at radius 3 is 2.23 bits per heavy atom. The van der Waals surface area contributed by atoms with Crippen molar-refractivity contribution in [2.75, 3.05) is 4.72 Å². The van der Waals surface area contributed by atoms with Crippen molar-refractivity contribution in [3.05, 3.63) is 59.7 Å². The van der Waals surface area contributed by atoms with E-state index in [9.17, 15) is 13.2 Å². The third-order valence-corrected chi connectivity index (χ3v) is 4.77. The predicted molar refractivity (Wildman–Crippen MR) is 87.8 cm³/mol. The van der Waals surface area contributed by atoms with E-state index in [2.05, 4.69) is 4.72 Å². The molecule has 0 saturated heterocycles. The summed E-state index contributed by atoms with van der Waals surface area (Å²) in [5.74, 6) is 0.223. The zero-order valence-electron chi connectivity index (χ0n) is 12.8. The number of anilines is 1. The first-order chi connectivity index (χ1) is 10.3. The summed E-state index contributed by atoms with van der Waals surface area (Å²) < 4.78 is 27.3. The zero-order chi connectivity index (χ0) is 16.3. The lowest BCUT2D eigenvalue weighted by atomic mass is 10.0. The molecule has 1 N–H and O–H groups in total. The second-order valence-corrected chi connectivity index (χ2v) is 7.15. The van der Waals surface area contributed by atoms with Gasteiger partial charge in [0, 0.05) is 11.3 Å². The van der Waals surface area contributed by atoms with Gasteiger partial charge in [-0.1, -0.05) is 38.1 Å². The molecule has 2 rings (SSSR count). The minimum atomic E-state index is -3.66. The highest BCUT2D eigenvalue weighted by Gasteiger charge is 2.15. The van der Waals surface area contributed by atoms with Crippen LogP contribution in [0.2, 0.25) is 0 Å². The van der Waals surface area contributed by atoms with Gasteiger partial charge >= 0.3 is 0 Å². The van der Waals surface area contributed by atoms with E-state index < -0.39 is 10.0 Å². The number of hydrogen-bond donors (Lipinski definition) is 1. The van der Waals surface area contributed by atoms with Gasteiger partial charge < -0.3 is 0 Å². The number of carbonyl (C=O) groups excluding carboxylic acids is 1. The number of rotatable bonds is 5. The first-order valence-electron chi connectivity index (χ1n) is 7.03. The standard InChI is InChI=1S/C17H19NO3S/c1-12(2)15-5-4-6-16(11-15)18-22(20,21)17-9-7-14(8-10-17)13(3)19/h4-12,18H,1-3H3. The Labute approximate surface area is 131 Å². The molecule has 4 nitrogen and oxygen atoms in total. The molecule has 0 aromatic heterocycles. The average molecular weight is 317 g/mol. The molecular weight excluding hydrogens is 298 g/mol. The van der Waals surface area contributed by atoms with Crippen molar-refractivity contribution in [3.8, 4) is 0 Å². The highest BCUT2D eigenvalue weighted by Crippen LogP contribution is 2.21. The first kappa shape index (κ1) is 16.2. The maximum absolute atomic E-state index is 12.4. The number of ketones is 1. The maximum atomic E-state index is 12.4. The molecule has 0 saturated carbocycles. The lowest BCUT2D eigenvalue weighted by Crippen LogP contribution is -2.13. The Hall–Kier alpha value is -2.14. The van der Waals surface area contributed by atoms with E-state index in [0.29, 0.717) is 17.2 Å². The van der Waals surface area contributed by atoms with E-state index >= 15 is 0 Å². The number of nitrogens with one attached hydrogen (secondary N) is 1. The van der Waals surface area contributed by atoms with Crippen LogP contribution >= 0.6 is 0 Å². The molecule has 0 spiro atoms. The van der Waals surface area contributed by atoms with Crippen LogP contribution in [0.4, 0.5) is 5.69 Å². The molecule has 0 aliphatic carbocycles. The molecule has 0 heterocycles. The summed E-state index contributed by atoms with van der Waals surface area (Å²) in [6.07, 6.45) is 0. The molecule has 0 aliphatic heterocycles. The second-order valence-electron chi connectivity index (χ2n) is 5.47. The van der Waals surface area contributed by atoms with Crippen LogP contribution in [0.25, 0.3) is 0 Å². The van der Waals surface area contributed by atoms with E-state index in [-0.39, 0.29) is 10.7 Å². The van der Waals surface area contributed by atoms with Crippen molar-refractivity contribution in [1.29, 1.82) is 0 Å². The fourth-order valence-corrected chi connectivity index (χ4v) is 3.09. The summed E-state index contributed by atoms with van der Waals surface area (Å²) in [7, 11) is -3.66. The molecule has 0 unspecified atom stereocenters. The summed E-state index contributed by atoms with van der Waals surface area (Å²) >= 11 is 0. The molecule has 5 heteroatoms. The molecule has 116 valence electrons.